The number of nitrogens with two attached hydrogens (primary N) is 1. The summed E-state index contributed by atoms with van der Waals surface area (Å²) >= 11 is 4.86. The summed E-state index contributed by atoms with van der Waals surface area (Å²) in [5, 5.41) is 0. The Morgan fingerprint density at radius 3 is 2.59 bits per heavy atom. The number of amides is 1. The molecular weight excluding hydrogens is 236 g/mol. The lowest BCUT2D eigenvalue weighted by molar-refractivity contribution is -0.132. The molecule has 17 heavy (non-hydrogen) atoms. The lowest BCUT2D eigenvalue weighted by Crippen LogP contribution is -2.29. The van der Waals surface area contributed by atoms with Gasteiger partial charge in [0.15, 0.2) is 6.10 Å². The summed E-state index contributed by atoms with van der Waals surface area (Å²) in [6.45, 7) is 0.745. The minimum Gasteiger partial charge on any atom is -0.481 e. The number of carbonyl (C=O) groups is 1. The van der Waals surface area contributed by atoms with E-state index < -0.39 is 0 Å². The standard InChI is InChI=1S/C12H14N2O2S/c1-14-7-6-10(12(14)15)16-9-4-2-8(3-5-9)11(13)17/h2-5,10H,6-7H2,1H3,(H2,13,17). The van der Waals surface area contributed by atoms with E-state index in [-0.39, 0.29) is 12.0 Å². The number of hydrogen-bond acceptors (Lipinski definition) is 3. The Balaban J connectivity index is 2.04. The van der Waals surface area contributed by atoms with Crippen LogP contribution in [0.3, 0.4) is 0 Å². The van der Waals surface area contributed by atoms with Crippen molar-refractivity contribution in [2.75, 3.05) is 13.6 Å². The van der Waals surface area contributed by atoms with Crippen LogP contribution >= 0.6 is 12.2 Å². The highest BCUT2D eigenvalue weighted by Crippen LogP contribution is 2.19. The molecule has 0 aliphatic carbocycles. The van der Waals surface area contributed by atoms with Crippen molar-refractivity contribution in [3.8, 4) is 5.75 Å². The number of benzene rings is 1. The van der Waals surface area contributed by atoms with Gasteiger partial charge in [0.25, 0.3) is 5.91 Å². The third kappa shape index (κ3) is 2.55. The third-order valence-electron chi connectivity index (χ3n) is 2.80. The Bertz CT molecular complexity index is 444. The number of ether oxygens (including phenoxy) is 1. The number of hydrogen-bond donors (Lipinski definition) is 1. The van der Waals surface area contributed by atoms with Gasteiger partial charge in [-0.3, -0.25) is 4.79 Å². The number of likely N-dealkylation sites (tertiary alicyclic amines) is 1. The van der Waals surface area contributed by atoms with Crippen molar-refractivity contribution in [2.45, 2.75) is 12.5 Å². The summed E-state index contributed by atoms with van der Waals surface area (Å²) in [4.78, 5) is 13.7. The first-order valence-electron chi connectivity index (χ1n) is 5.39. The molecule has 0 aromatic heterocycles. The summed E-state index contributed by atoms with van der Waals surface area (Å²) in [6.07, 6.45) is 0.363. The SMILES string of the molecule is CN1CCC(Oc2ccc(C(N)=S)cc2)C1=O. The van der Waals surface area contributed by atoms with E-state index in [2.05, 4.69) is 0 Å². The minimum atomic E-state index is -0.365. The van der Waals surface area contributed by atoms with E-state index in [1.165, 1.54) is 0 Å². The van der Waals surface area contributed by atoms with Crippen LogP contribution in [0.15, 0.2) is 24.3 Å². The van der Waals surface area contributed by atoms with E-state index in [1.54, 1.807) is 36.2 Å². The molecule has 4 nitrogen and oxygen atoms in total. The Morgan fingerprint density at radius 1 is 1.47 bits per heavy atom. The molecule has 0 bridgehead atoms. The molecule has 1 amide bonds. The monoisotopic (exact) mass is 250 g/mol. The highest BCUT2D eigenvalue weighted by Gasteiger charge is 2.30. The first-order valence-corrected chi connectivity index (χ1v) is 5.80. The lowest BCUT2D eigenvalue weighted by Gasteiger charge is -2.13. The summed E-state index contributed by atoms with van der Waals surface area (Å²) < 4.78 is 5.62. The number of rotatable bonds is 3. The van der Waals surface area contributed by atoms with E-state index >= 15 is 0 Å². The fourth-order valence-corrected chi connectivity index (χ4v) is 1.90. The predicted octanol–water partition coefficient (Wildman–Crippen LogP) is 0.930. The van der Waals surface area contributed by atoms with Crippen molar-refractivity contribution in [1.29, 1.82) is 0 Å². The van der Waals surface area contributed by atoms with Crippen molar-refractivity contribution in [3.63, 3.8) is 0 Å². The molecule has 0 spiro atoms. The van der Waals surface area contributed by atoms with Gasteiger partial charge in [-0.15, -0.1) is 0 Å². The van der Waals surface area contributed by atoms with Crippen LogP contribution in [-0.2, 0) is 4.79 Å². The molecule has 0 saturated carbocycles. The zero-order valence-electron chi connectivity index (χ0n) is 9.55. The van der Waals surface area contributed by atoms with E-state index in [0.29, 0.717) is 10.7 Å². The summed E-state index contributed by atoms with van der Waals surface area (Å²) in [6, 6.07) is 7.14. The quantitative estimate of drug-likeness (QED) is 0.811. The molecular formula is C12H14N2O2S. The van der Waals surface area contributed by atoms with Crippen LogP contribution in [0.5, 0.6) is 5.75 Å². The lowest BCUT2D eigenvalue weighted by atomic mass is 10.2. The maximum absolute atomic E-state index is 11.6. The highest BCUT2D eigenvalue weighted by atomic mass is 32.1. The molecule has 0 radical (unpaired) electrons. The van der Waals surface area contributed by atoms with Crippen LogP contribution in [0, 0.1) is 0 Å². The van der Waals surface area contributed by atoms with E-state index in [9.17, 15) is 4.79 Å². The number of nitrogens with zero attached hydrogens (tertiary/aromatic N) is 1. The van der Waals surface area contributed by atoms with Gasteiger partial charge in [0, 0.05) is 25.6 Å². The number of likely N-dealkylation sites (N-methyl/N-ethyl adjacent to an activating group) is 1. The van der Waals surface area contributed by atoms with Crippen LogP contribution < -0.4 is 10.5 Å². The average Bonchev–Trinajstić information content (AvgIpc) is 2.62. The van der Waals surface area contributed by atoms with Gasteiger partial charge >= 0.3 is 0 Å². The van der Waals surface area contributed by atoms with Crippen molar-refractivity contribution in [3.05, 3.63) is 29.8 Å². The minimum absolute atomic E-state index is 0.0309. The second-order valence-corrected chi connectivity index (χ2v) is 4.48. The van der Waals surface area contributed by atoms with Gasteiger partial charge in [-0.2, -0.15) is 0 Å². The summed E-state index contributed by atoms with van der Waals surface area (Å²) in [5.41, 5.74) is 6.29. The Kier molecular flexibility index (Phi) is 3.28. The number of thiocarbonyl (C=S) groups is 1. The topological polar surface area (TPSA) is 55.6 Å². The van der Waals surface area contributed by atoms with Crippen LogP contribution in [0.1, 0.15) is 12.0 Å². The molecule has 1 aliphatic rings. The van der Waals surface area contributed by atoms with Gasteiger partial charge in [-0.1, -0.05) is 12.2 Å². The van der Waals surface area contributed by atoms with E-state index in [4.69, 9.17) is 22.7 Å². The normalized spacial score (nSPS) is 19.5. The zero-order valence-corrected chi connectivity index (χ0v) is 10.4. The zero-order chi connectivity index (χ0) is 12.4. The van der Waals surface area contributed by atoms with Gasteiger partial charge in [0.1, 0.15) is 10.7 Å². The highest BCUT2D eigenvalue weighted by molar-refractivity contribution is 7.80. The Morgan fingerprint density at radius 2 is 2.12 bits per heavy atom. The van der Waals surface area contributed by atoms with Crippen molar-refractivity contribution < 1.29 is 9.53 Å². The molecule has 1 heterocycles. The fraction of sp³-hybridized carbons (Fsp3) is 0.333. The van der Waals surface area contributed by atoms with Crippen molar-refractivity contribution in [1.82, 2.24) is 4.90 Å². The maximum atomic E-state index is 11.6. The third-order valence-corrected chi connectivity index (χ3v) is 3.03. The molecule has 1 saturated heterocycles. The summed E-state index contributed by atoms with van der Waals surface area (Å²) in [5.74, 6) is 0.696. The smallest absolute Gasteiger partial charge is 0.263 e. The van der Waals surface area contributed by atoms with E-state index in [1.807, 2.05) is 0 Å². The summed E-state index contributed by atoms with van der Waals surface area (Å²) in [7, 11) is 1.78. The average molecular weight is 250 g/mol. The van der Waals surface area contributed by atoms with E-state index in [0.717, 1.165) is 18.5 Å². The maximum Gasteiger partial charge on any atom is 0.263 e. The largest absolute Gasteiger partial charge is 0.481 e. The second-order valence-electron chi connectivity index (χ2n) is 4.04. The molecule has 1 aliphatic heterocycles. The Labute approximate surface area is 105 Å². The number of carbonyl (C=O) groups excluding carboxylic acids is 1. The molecule has 1 aromatic rings. The predicted molar refractivity (Wildman–Crippen MR) is 69.0 cm³/mol. The van der Waals surface area contributed by atoms with Crippen LogP contribution in [0.25, 0.3) is 0 Å². The molecule has 1 atom stereocenters. The molecule has 5 heteroatoms. The van der Waals surface area contributed by atoms with Crippen LogP contribution in [-0.4, -0.2) is 35.5 Å². The van der Waals surface area contributed by atoms with Gasteiger partial charge in [-0.25, -0.2) is 0 Å². The van der Waals surface area contributed by atoms with Crippen molar-refractivity contribution >= 4 is 23.1 Å². The molecule has 90 valence electrons. The second kappa shape index (κ2) is 4.71. The van der Waals surface area contributed by atoms with Gasteiger partial charge in [-0.05, 0) is 24.3 Å². The molecule has 1 unspecified atom stereocenters. The molecule has 2 N–H and O–H groups in total. The molecule has 1 aromatic carbocycles. The van der Waals surface area contributed by atoms with Gasteiger partial charge < -0.3 is 15.4 Å². The molecule has 2 rings (SSSR count). The van der Waals surface area contributed by atoms with Crippen LogP contribution in [0.2, 0.25) is 0 Å². The first-order chi connectivity index (χ1) is 8.08. The Hall–Kier alpha value is -1.62. The first kappa shape index (κ1) is 11.9. The molecule has 1 fully saturated rings. The van der Waals surface area contributed by atoms with Crippen molar-refractivity contribution in [2.24, 2.45) is 5.73 Å². The fourth-order valence-electron chi connectivity index (χ4n) is 1.76. The van der Waals surface area contributed by atoms with Crippen LogP contribution in [0.4, 0.5) is 0 Å². The van der Waals surface area contributed by atoms with Gasteiger partial charge in [0.2, 0.25) is 0 Å². The van der Waals surface area contributed by atoms with Gasteiger partial charge in [0.05, 0.1) is 0 Å².